The molecular formula is C14H26N2O. The Labute approximate surface area is 105 Å². The minimum atomic E-state index is -0.133. The van der Waals surface area contributed by atoms with Gasteiger partial charge in [-0.15, -0.1) is 0 Å². The molecule has 2 N–H and O–H groups in total. The van der Waals surface area contributed by atoms with Gasteiger partial charge in [0.25, 0.3) is 0 Å². The number of rotatable bonds is 1. The summed E-state index contributed by atoms with van der Waals surface area (Å²) < 4.78 is 5.97. The fourth-order valence-corrected chi connectivity index (χ4v) is 2.94. The maximum Gasteiger partial charge on any atom is 0.134 e. The number of ether oxygens (including phenoxy) is 1. The molecule has 3 atom stereocenters. The second-order valence-electron chi connectivity index (χ2n) is 6.63. The van der Waals surface area contributed by atoms with Gasteiger partial charge in [-0.05, 0) is 59.5 Å². The molecule has 0 aromatic carbocycles. The molecule has 2 heterocycles. The molecule has 98 valence electrons. The van der Waals surface area contributed by atoms with Crippen LogP contribution in [0.25, 0.3) is 0 Å². The zero-order valence-corrected chi connectivity index (χ0v) is 11.8. The summed E-state index contributed by atoms with van der Waals surface area (Å²) in [5, 5.41) is 7.31. The predicted molar refractivity (Wildman–Crippen MR) is 70.7 cm³/mol. The molecular weight excluding hydrogens is 212 g/mol. The monoisotopic (exact) mass is 238 g/mol. The summed E-state index contributed by atoms with van der Waals surface area (Å²) in [6.07, 6.45) is 5.51. The lowest BCUT2D eigenvalue weighted by Gasteiger charge is -2.49. The molecule has 2 rings (SSSR count). The lowest BCUT2D eigenvalue weighted by Crippen LogP contribution is -2.69. The summed E-state index contributed by atoms with van der Waals surface area (Å²) in [5.41, 5.74) is 1.38. The molecule has 0 spiro atoms. The van der Waals surface area contributed by atoms with E-state index in [4.69, 9.17) is 4.74 Å². The average Bonchev–Trinajstić information content (AvgIpc) is 2.20. The van der Waals surface area contributed by atoms with Crippen LogP contribution in [0.3, 0.4) is 0 Å². The number of hydrogen-bond donors (Lipinski definition) is 2. The van der Waals surface area contributed by atoms with Gasteiger partial charge in [0.15, 0.2) is 0 Å². The van der Waals surface area contributed by atoms with Gasteiger partial charge in [0, 0.05) is 11.6 Å². The van der Waals surface area contributed by atoms with Crippen LogP contribution in [0.5, 0.6) is 0 Å². The highest BCUT2D eigenvalue weighted by Crippen LogP contribution is 2.32. The van der Waals surface area contributed by atoms with Crippen molar-refractivity contribution < 1.29 is 4.74 Å². The van der Waals surface area contributed by atoms with Crippen molar-refractivity contribution in [2.75, 3.05) is 0 Å². The van der Waals surface area contributed by atoms with Crippen LogP contribution in [0.4, 0.5) is 0 Å². The molecule has 17 heavy (non-hydrogen) atoms. The SMILES string of the molecule is CC1=CO[C@](C)([C@H]2N[C@H](C)CC(C)(C)N2)CC1. The van der Waals surface area contributed by atoms with E-state index >= 15 is 0 Å². The highest BCUT2D eigenvalue weighted by atomic mass is 16.5. The van der Waals surface area contributed by atoms with Crippen molar-refractivity contribution in [3.05, 3.63) is 11.8 Å². The largest absolute Gasteiger partial charge is 0.492 e. The van der Waals surface area contributed by atoms with Crippen LogP contribution < -0.4 is 10.6 Å². The third-order valence-electron chi connectivity index (χ3n) is 3.96. The van der Waals surface area contributed by atoms with Gasteiger partial charge in [-0.1, -0.05) is 0 Å². The molecule has 0 bridgehead atoms. The molecule has 0 amide bonds. The van der Waals surface area contributed by atoms with E-state index in [0.717, 1.165) is 19.3 Å². The van der Waals surface area contributed by atoms with Crippen molar-refractivity contribution >= 4 is 0 Å². The van der Waals surface area contributed by atoms with Crippen molar-refractivity contribution in [2.24, 2.45) is 0 Å². The molecule has 0 aromatic heterocycles. The van der Waals surface area contributed by atoms with E-state index in [0.29, 0.717) is 6.04 Å². The van der Waals surface area contributed by atoms with Crippen molar-refractivity contribution in [3.63, 3.8) is 0 Å². The summed E-state index contributed by atoms with van der Waals surface area (Å²) in [6, 6.07) is 0.531. The van der Waals surface area contributed by atoms with Crippen LogP contribution in [-0.4, -0.2) is 23.3 Å². The van der Waals surface area contributed by atoms with Crippen LogP contribution in [0.2, 0.25) is 0 Å². The summed E-state index contributed by atoms with van der Waals surface area (Å²) in [7, 11) is 0. The van der Waals surface area contributed by atoms with E-state index in [-0.39, 0.29) is 17.3 Å². The number of nitrogens with one attached hydrogen (secondary N) is 2. The molecule has 2 aliphatic rings. The first-order chi connectivity index (χ1) is 7.81. The van der Waals surface area contributed by atoms with E-state index in [1.807, 2.05) is 6.26 Å². The Bertz CT molecular complexity index is 324. The first-order valence-corrected chi connectivity index (χ1v) is 6.68. The van der Waals surface area contributed by atoms with Crippen LogP contribution >= 0.6 is 0 Å². The zero-order chi connectivity index (χ0) is 12.7. The van der Waals surface area contributed by atoms with Crippen LogP contribution in [0.1, 0.15) is 53.9 Å². The fourth-order valence-electron chi connectivity index (χ4n) is 2.94. The minimum Gasteiger partial charge on any atom is -0.492 e. The highest BCUT2D eigenvalue weighted by molar-refractivity contribution is 5.07. The second-order valence-corrected chi connectivity index (χ2v) is 6.63. The lowest BCUT2D eigenvalue weighted by atomic mass is 9.85. The van der Waals surface area contributed by atoms with Gasteiger partial charge in [-0.25, -0.2) is 0 Å². The molecule has 3 nitrogen and oxygen atoms in total. The Morgan fingerprint density at radius 3 is 2.59 bits per heavy atom. The number of hydrogen-bond acceptors (Lipinski definition) is 3. The molecule has 0 saturated carbocycles. The summed E-state index contributed by atoms with van der Waals surface area (Å²) in [4.78, 5) is 0. The second kappa shape index (κ2) is 4.29. The van der Waals surface area contributed by atoms with E-state index < -0.39 is 0 Å². The Balaban J connectivity index is 2.11. The molecule has 0 unspecified atom stereocenters. The van der Waals surface area contributed by atoms with Gasteiger partial charge >= 0.3 is 0 Å². The van der Waals surface area contributed by atoms with Crippen molar-refractivity contribution in [3.8, 4) is 0 Å². The quantitative estimate of drug-likeness (QED) is 0.736. The Morgan fingerprint density at radius 2 is 2.06 bits per heavy atom. The van der Waals surface area contributed by atoms with Crippen molar-refractivity contribution in [1.29, 1.82) is 0 Å². The van der Waals surface area contributed by atoms with Gasteiger partial charge in [-0.2, -0.15) is 0 Å². The standard InChI is InChI=1S/C14H26N2O/c1-10-6-7-14(5,17-9-10)12-15-11(2)8-13(3,4)16-12/h9,11-12,15-16H,6-8H2,1-5H3/t11-,12+,14+/m1/s1. The van der Waals surface area contributed by atoms with Crippen molar-refractivity contribution in [1.82, 2.24) is 10.6 Å². The van der Waals surface area contributed by atoms with Crippen LogP contribution in [0, 0.1) is 0 Å². The Morgan fingerprint density at radius 1 is 1.35 bits per heavy atom. The fraction of sp³-hybridized carbons (Fsp3) is 0.857. The topological polar surface area (TPSA) is 33.3 Å². The Kier molecular flexibility index (Phi) is 3.25. The maximum absolute atomic E-state index is 5.97. The first kappa shape index (κ1) is 12.9. The molecule has 0 aromatic rings. The van der Waals surface area contributed by atoms with E-state index in [9.17, 15) is 0 Å². The van der Waals surface area contributed by atoms with Gasteiger partial charge in [0.1, 0.15) is 5.60 Å². The first-order valence-electron chi connectivity index (χ1n) is 6.68. The summed E-state index contributed by atoms with van der Waals surface area (Å²) in [5.74, 6) is 0. The van der Waals surface area contributed by atoms with Crippen LogP contribution in [-0.2, 0) is 4.74 Å². The van der Waals surface area contributed by atoms with E-state index in [2.05, 4.69) is 45.3 Å². The molecule has 3 heteroatoms. The molecule has 0 radical (unpaired) electrons. The van der Waals surface area contributed by atoms with Crippen molar-refractivity contribution in [2.45, 2.75) is 77.2 Å². The highest BCUT2D eigenvalue weighted by Gasteiger charge is 2.43. The predicted octanol–water partition coefficient (Wildman–Crippen LogP) is 2.54. The number of allylic oxidation sites excluding steroid dienone is 1. The molecule has 1 fully saturated rings. The van der Waals surface area contributed by atoms with Crippen LogP contribution in [0.15, 0.2) is 11.8 Å². The Hall–Kier alpha value is -0.540. The summed E-state index contributed by atoms with van der Waals surface area (Å²) in [6.45, 7) is 11.1. The molecule has 2 aliphatic heterocycles. The van der Waals surface area contributed by atoms with Gasteiger partial charge in [-0.3, -0.25) is 10.6 Å². The molecule has 1 saturated heterocycles. The summed E-state index contributed by atoms with van der Waals surface area (Å²) >= 11 is 0. The normalized spacial score (nSPS) is 41.6. The minimum absolute atomic E-state index is 0.133. The maximum atomic E-state index is 5.97. The third-order valence-corrected chi connectivity index (χ3v) is 3.96. The molecule has 0 aliphatic carbocycles. The van der Waals surface area contributed by atoms with E-state index in [1.54, 1.807) is 0 Å². The third kappa shape index (κ3) is 2.83. The average molecular weight is 238 g/mol. The van der Waals surface area contributed by atoms with E-state index in [1.165, 1.54) is 5.57 Å². The van der Waals surface area contributed by atoms with Gasteiger partial charge in [0.2, 0.25) is 0 Å². The lowest BCUT2D eigenvalue weighted by molar-refractivity contribution is -0.0491. The zero-order valence-electron chi connectivity index (χ0n) is 11.8. The van der Waals surface area contributed by atoms with Gasteiger partial charge in [0.05, 0.1) is 12.4 Å². The van der Waals surface area contributed by atoms with Gasteiger partial charge < -0.3 is 4.74 Å². The smallest absolute Gasteiger partial charge is 0.134 e.